The van der Waals surface area contributed by atoms with Crippen molar-refractivity contribution in [2.75, 3.05) is 13.7 Å². The third-order valence-electron chi connectivity index (χ3n) is 4.22. The van der Waals surface area contributed by atoms with Crippen molar-refractivity contribution in [3.05, 3.63) is 67.0 Å². The van der Waals surface area contributed by atoms with E-state index in [0.29, 0.717) is 27.1 Å². The maximum Gasteiger partial charge on any atom is 0.293 e. The van der Waals surface area contributed by atoms with Crippen LogP contribution in [-0.4, -0.2) is 34.7 Å². The molecule has 1 heterocycles. The van der Waals surface area contributed by atoms with Crippen molar-refractivity contribution in [2.24, 2.45) is 0 Å². The van der Waals surface area contributed by atoms with Crippen LogP contribution in [0.25, 0.3) is 6.08 Å². The molecule has 0 spiro atoms. The Morgan fingerprint density at radius 3 is 2.61 bits per heavy atom. The van der Waals surface area contributed by atoms with Gasteiger partial charge in [-0.3, -0.25) is 24.6 Å². The molecule has 0 aromatic heterocycles. The summed E-state index contributed by atoms with van der Waals surface area (Å²) in [4.78, 5) is 36.8. The number of hydrogen-bond acceptors (Lipinski definition) is 7. The van der Waals surface area contributed by atoms with Gasteiger partial charge in [0.05, 0.1) is 23.5 Å². The topological polar surface area (TPSA) is 99.0 Å². The summed E-state index contributed by atoms with van der Waals surface area (Å²) < 4.78 is 11.6. The number of amides is 2. The van der Waals surface area contributed by atoms with Crippen LogP contribution in [0, 0.1) is 22.5 Å². The monoisotopic (exact) mass is 502 g/mol. The molecule has 0 N–H and O–H groups in total. The summed E-state index contributed by atoms with van der Waals surface area (Å²) in [5.74, 6) is 2.67. The van der Waals surface area contributed by atoms with Gasteiger partial charge < -0.3 is 9.47 Å². The minimum absolute atomic E-state index is 0.000451. The van der Waals surface area contributed by atoms with Crippen molar-refractivity contribution in [3.8, 4) is 23.8 Å². The Kier molecular flexibility index (Phi) is 6.99. The number of carbonyl (C=O) groups excluding carboxylic acids is 2. The maximum absolute atomic E-state index is 12.9. The highest BCUT2D eigenvalue weighted by atomic mass is 79.9. The molecule has 1 aliphatic heterocycles. The average molecular weight is 503 g/mol. The summed E-state index contributed by atoms with van der Waals surface area (Å²) in [7, 11) is 1.48. The SMILES string of the molecule is C#CCOc1c(/C=C2/SC(=O)N(Cc3ccc([N+](=O)[O-])cc3)C2=O)cc(Br)cc1OC. The van der Waals surface area contributed by atoms with E-state index in [2.05, 4.69) is 21.9 Å². The van der Waals surface area contributed by atoms with Gasteiger partial charge in [-0.15, -0.1) is 6.42 Å². The minimum atomic E-state index is -0.515. The predicted octanol–water partition coefficient (Wildman–Crippen LogP) is 4.61. The summed E-state index contributed by atoms with van der Waals surface area (Å²) in [6.45, 7) is 0.00269. The van der Waals surface area contributed by atoms with Gasteiger partial charge in [-0.05, 0) is 35.5 Å². The molecule has 0 atom stereocenters. The van der Waals surface area contributed by atoms with E-state index < -0.39 is 16.1 Å². The zero-order valence-electron chi connectivity index (χ0n) is 16.2. The summed E-state index contributed by atoms with van der Waals surface area (Å²) in [6.07, 6.45) is 6.82. The number of rotatable bonds is 7. The Balaban J connectivity index is 1.89. The lowest BCUT2D eigenvalue weighted by molar-refractivity contribution is -0.384. The second kappa shape index (κ2) is 9.68. The minimum Gasteiger partial charge on any atom is -0.493 e. The molecule has 0 saturated carbocycles. The molecule has 10 heteroatoms. The van der Waals surface area contributed by atoms with Crippen LogP contribution < -0.4 is 9.47 Å². The van der Waals surface area contributed by atoms with Crippen LogP contribution in [0.5, 0.6) is 11.5 Å². The molecule has 8 nitrogen and oxygen atoms in total. The molecule has 158 valence electrons. The lowest BCUT2D eigenvalue weighted by Gasteiger charge is -2.13. The molecule has 0 radical (unpaired) electrons. The third-order valence-corrected chi connectivity index (χ3v) is 5.58. The van der Waals surface area contributed by atoms with Gasteiger partial charge in [0.1, 0.15) is 6.61 Å². The van der Waals surface area contributed by atoms with Gasteiger partial charge in [-0.2, -0.15) is 0 Å². The highest BCUT2D eigenvalue weighted by Crippen LogP contribution is 2.39. The first-order valence-electron chi connectivity index (χ1n) is 8.76. The smallest absolute Gasteiger partial charge is 0.293 e. The highest BCUT2D eigenvalue weighted by molar-refractivity contribution is 9.10. The van der Waals surface area contributed by atoms with Crippen LogP contribution in [0.15, 0.2) is 45.8 Å². The van der Waals surface area contributed by atoms with E-state index in [1.165, 1.54) is 31.4 Å². The van der Waals surface area contributed by atoms with E-state index >= 15 is 0 Å². The number of non-ortho nitro benzene ring substituents is 1. The molecule has 2 aromatic rings. The molecule has 2 aromatic carbocycles. The van der Waals surface area contributed by atoms with E-state index in [1.54, 1.807) is 18.2 Å². The number of methoxy groups -OCH3 is 1. The van der Waals surface area contributed by atoms with Crippen LogP contribution in [0.4, 0.5) is 10.5 Å². The average Bonchev–Trinajstić information content (AvgIpc) is 3.00. The molecular weight excluding hydrogens is 488 g/mol. The van der Waals surface area contributed by atoms with Gasteiger partial charge in [0.2, 0.25) is 0 Å². The van der Waals surface area contributed by atoms with Crippen molar-refractivity contribution in [2.45, 2.75) is 6.54 Å². The van der Waals surface area contributed by atoms with Gasteiger partial charge in [-0.1, -0.05) is 34.0 Å². The number of nitrogens with zero attached hydrogens (tertiary/aromatic N) is 2. The Morgan fingerprint density at radius 2 is 2.00 bits per heavy atom. The quantitative estimate of drug-likeness (QED) is 0.235. The predicted molar refractivity (Wildman–Crippen MR) is 120 cm³/mol. The molecule has 0 aliphatic carbocycles. The zero-order valence-corrected chi connectivity index (χ0v) is 18.6. The fourth-order valence-corrected chi connectivity index (χ4v) is 4.08. The molecule has 1 fully saturated rings. The van der Waals surface area contributed by atoms with Crippen LogP contribution in [-0.2, 0) is 11.3 Å². The molecular formula is C21H15BrN2O6S. The first-order chi connectivity index (χ1) is 14.8. The number of nitro benzene ring substituents is 1. The van der Waals surface area contributed by atoms with Crippen molar-refractivity contribution < 1.29 is 24.0 Å². The number of ether oxygens (including phenoxy) is 2. The van der Waals surface area contributed by atoms with Crippen LogP contribution >= 0.6 is 27.7 Å². The second-order valence-corrected chi connectivity index (χ2v) is 8.12. The van der Waals surface area contributed by atoms with Crippen LogP contribution in [0.2, 0.25) is 0 Å². The zero-order chi connectivity index (χ0) is 22.5. The highest BCUT2D eigenvalue weighted by Gasteiger charge is 2.35. The number of thioether (sulfide) groups is 1. The molecule has 1 aliphatic rings. The lowest BCUT2D eigenvalue weighted by atomic mass is 10.1. The maximum atomic E-state index is 12.9. The van der Waals surface area contributed by atoms with Crippen molar-refractivity contribution >= 4 is 50.6 Å². The Labute approximate surface area is 190 Å². The first kappa shape index (κ1) is 22.4. The Hall–Kier alpha value is -3.29. The Morgan fingerprint density at radius 1 is 1.29 bits per heavy atom. The lowest BCUT2D eigenvalue weighted by Crippen LogP contribution is -2.27. The fraction of sp³-hybridized carbons (Fsp3) is 0.143. The number of imide groups is 1. The van der Waals surface area contributed by atoms with Gasteiger partial charge in [0, 0.05) is 22.2 Å². The van der Waals surface area contributed by atoms with Gasteiger partial charge in [0.25, 0.3) is 16.8 Å². The number of halogens is 1. The number of benzene rings is 2. The van der Waals surface area contributed by atoms with E-state index in [4.69, 9.17) is 15.9 Å². The molecule has 31 heavy (non-hydrogen) atoms. The van der Waals surface area contributed by atoms with Gasteiger partial charge in [0.15, 0.2) is 11.5 Å². The fourth-order valence-electron chi connectivity index (χ4n) is 2.80. The summed E-state index contributed by atoms with van der Waals surface area (Å²) in [6, 6.07) is 9.09. The van der Waals surface area contributed by atoms with Gasteiger partial charge in [-0.25, -0.2) is 0 Å². The van der Waals surface area contributed by atoms with Gasteiger partial charge >= 0.3 is 0 Å². The normalized spacial score (nSPS) is 14.6. The van der Waals surface area contributed by atoms with E-state index in [9.17, 15) is 19.7 Å². The third kappa shape index (κ3) is 5.07. The summed E-state index contributed by atoms with van der Waals surface area (Å²) >= 11 is 4.18. The second-order valence-electron chi connectivity index (χ2n) is 6.21. The Bertz CT molecular complexity index is 1120. The van der Waals surface area contributed by atoms with E-state index in [-0.39, 0.29) is 23.7 Å². The first-order valence-corrected chi connectivity index (χ1v) is 10.4. The molecule has 0 unspecified atom stereocenters. The van der Waals surface area contributed by atoms with Crippen molar-refractivity contribution in [1.29, 1.82) is 0 Å². The number of terminal acetylenes is 1. The largest absolute Gasteiger partial charge is 0.493 e. The van der Waals surface area contributed by atoms with Crippen LogP contribution in [0.3, 0.4) is 0 Å². The molecule has 1 saturated heterocycles. The number of nitro groups is 1. The van der Waals surface area contributed by atoms with E-state index in [1.807, 2.05) is 0 Å². The van der Waals surface area contributed by atoms with Crippen molar-refractivity contribution in [3.63, 3.8) is 0 Å². The number of carbonyl (C=O) groups is 2. The van der Waals surface area contributed by atoms with E-state index in [0.717, 1.165) is 16.7 Å². The van der Waals surface area contributed by atoms with Crippen molar-refractivity contribution in [1.82, 2.24) is 4.90 Å². The van der Waals surface area contributed by atoms with Crippen LogP contribution in [0.1, 0.15) is 11.1 Å². The molecule has 3 rings (SSSR count). The summed E-state index contributed by atoms with van der Waals surface area (Å²) in [5, 5.41) is 10.3. The molecule has 2 amide bonds. The molecule has 0 bridgehead atoms. The number of hydrogen-bond donors (Lipinski definition) is 0. The summed E-state index contributed by atoms with van der Waals surface area (Å²) in [5.41, 5.74) is 1.04. The standard InChI is InChI=1S/C21H15BrN2O6S/c1-3-8-30-19-14(9-15(22)11-17(19)29-2)10-18-20(25)23(21(26)31-18)12-13-4-6-16(7-5-13)24(27)28/h1,4-7,9-11H,8,12H2,2H3/b18-10+.